The molecule has 0 saturated heterocycles. The molecule has 2 N–H and O–H groups in total. The number of hydrogen-bond acceptors (Lipinski definition) is 4. The van der Waals surface area contributed by atoms with Gasteiger partial charge >= 0.3 is 5.97 Å². The molecule has 0 heterocycles. The average Bonchev–Trinajstić information content (AvgIpc) is 2.40. The first kappa shape index (κ1) is 14.4. The van der Waals surface area contributed by atoms with Crippen molar-refractivity contribution < 1.29 is 14.3 Å². The van der Waals surface area contributed by atoms with Crippen LogP contribution in [0.4, 0.5) is 5.69 Å². The van der Waals surface area contributed by atoms with Crippen molar-refractivity contribution in [2.45, 2.75) is 26.7 Å². The molecule has 0 spiro atoms. The van der Waals surface area contributed by atoms with Crippen LogP contribution in [0.25, 0.3) is 0 Å². The van der Waals surface area contributed by atoms with E-state index in [1.807, 2.05) is 0 Å². The molecule has 0 radical (unpaired) electrons. The number of hydrogen-bond donors (Lipinski definition) is 1. The highest BCUT2D eigenvalue weighted by Crippen LogP contribution is 2.21. The lowest BCUT2D eigenvalue weighted by Crippen LogP contribution is -2.11. The highest BCUT2D eigenvalue weighted by Gasteiger charge is 2.12. The molecule has 0 amide bonds. The zero-order chi connectivity index (χ0) is 13.5. The summed E-state index contributed by atoms with van der Waals surface area (Å²) < 4.78 is 10.3. The highest BCUT2D eigenvalue weighted by atomic mass is 16.5. The van der Waals surface area contributed by atoms with Crippen LogP contribution in [0.2, 0.25) is 0 Å². The number of benzene rings is 1. The molecule has 4 nitrogen and oxygen atoms in total. The Balaban J connectivity index is 2.76. The maximum atomic E-state index is 11.5. The predicted octanol–water partition coefficient (Wildman–Crippen LogP) is 2.87. The minimum atomic E-state index is -0.444. The molecular weight excluding hydrogens is 230 g/mol. The van der Waals surface area contributed by atoms with Gasteiger partial charge in [0.1, 0.15) is 5.75 Å². The number of anilines is 1. The van der Waals surface area contributed by atoms with Gasteiger partial charge in [0.15, 0.2) is 0 Å². The molecule has 0 bridgehead atoms. The summed E-state index contributed by atoms with van der Waals surface area (Å²) in [6.07, 6.45) is 2.16. The lowest BCUT2D eigenvalue weighted by atomic mass is 10.1. The van der Waals surface area contributed by atoms with E-state index in [9.17, 15) is 4.79 Å². The number of rotatable bonds is 6. The van der Waals surface area contributed by atoms with E-state index in [0.29, 0.717) is 29.5 Å². The molecule has 0 fully saturated rings. The molecule has 18 heavy (non-hydrogen) atoms. The largest absolute Gasteiger partial charge is 0.493 e. The number of esters is 1. The normalized spacial score (nSPS) is 10.4. The summed E-state index contributed by atoms with van der Waals surface area (Å²) in [6, 6.07) is 5.06. The van der Waals surface area contributed by atoms with E-state index in [0.717, 1.165) is 12.8 Å². The van der Waals surface area contributed by atoms with E-state index in [4.69, 9.17) is 10.5 Å². The number of nitrogens with two attached hydrogens (primary N) is 1. The fraction of sp³-hybridized carbons (Fsp3) is 0.500. The molecule has 1 rings (SSSR count). The quantitative estimate of drug-likeness (QED) is 0.623. The third kappa shape index (κ3) is 3.65. The van der Waals surface area contributed by atoms with Gasteiger partial charge in [-0.1, -0.05) is 26.7 Å². The fourth-order valence-electron chi connectivity index (χ4n) is 1.65. The summed E-state index contributed by atoms with van der Waals surface area (Å²) in [5.41, 5.74) is 6.46. The Morgan fingerprint density at radius 3 is 2.56 bits per heavy atom. The second-order valence-corrected chi connectivity index (χ2v) is 4.23. The maximum Gasteiger partial charge on any atom is 0.340 e. The van der Waals surface area contributed by atoms with Gasteiger partial charge in [0.25, 0.3) is 0 Å². The first-order chi connectivity index (χ1) is 8.62. The molecule has 1 aromatic carbocycles. The van der Waals surface area contributed by atoms with Crippen molar-refractivity contribution in [3.05, 3.63) is 23.8 Å². The van der Waals surface area contributed by atoms with E-state index in [1.54, 1.807) is 18.2 Å². The summed E-state index contributed by atoms with van der Waals surface area (Å²) >= 11 is 0. The van der Waals surface area contributed by atoms with Crippen molar-refractivity contribution in [1.29, 1.82) is 0 Å². The van der Waals surface area contributed by atoms with Crippen LogP contribution in [-0.4, -0.2) is 19.7 Å². The molecule has 0 atom stereocenters. The van der Waals surface area contributed by atoms with Crippen LogP contribution in [0.5, 0.6) is 5.75 Å². The van der Waals surface area contributed by atoms with Gasteiger partial charge in [-0.05, 0) is 24.1 Å². The lowest BCUT2D eigenvalue weighted by Gasteiger charge is -2.14. The average molecular weight is 251 g/mol. The van der Waals surface area contributed by atoms with Crippen LogP contribution in [0.15, 0.2) is 18.2 Å². The fourth-order valence-corrected chi connectivity index (χ4v) is 1.65. The first-order valence-electron chi connectivity index (χ1n) is 6.22. The van der Waals surface area contributed by atoms with Crippen LogP contribution >= 0.6 is 0 Å². The highest BCUT2D eigenvalue weighted by molar-refractivity contribution is 5.95. The zero-order valence-corrected chi connectivity index (χ0v) is 11.2. The third-order valence-electron chi connectivity index (χ3n) is 3.07. The second kappa shape index (κ2) is 6.89. The Bertz CT molecular complexity index is 400. The monoisotopic (exact) mass is 251 g/mol. The molecular formula is C14H21NO3. The summed E-state index contributed by atoms with van der Waals surface area (Å²) in [6.45, 7) is 4.93. The van der Waals surface area contributed by atoms with E-state index in [1.165, 1.54) is 7.11 Å². The number of carbonyl (C=O) groups is 1. The van der Waals surface area contributed by atoms with Crippen LogP contribution in [0, 0.1) is 5.92 Å². The Labute approximate surface area is 108 Å². The molecule has 0 aliphatic carbocycles. The minimum Gasteiger partial charge on any atom is -0.493 e. The van der Waals surface area contributed by atoms with Crippen molar-refractivity contribution in [3.63, 3.8) is 0 Å². The third-order valence-corrected chi connectivity index (χ3v) is 3.07. The van der Waals surface area contributed by atoms with Gasteiger partial charge < -0.3 is 15.2 Å². The molecule has 0 saturated carbocycles. The van der Waals surface area contributed by atoms with Crippen LogP contribution in [0.1, 0.15) is 37.0 Å². The second-order valence-electron chi connectivity index (χ2n) is 4.23. The summed E-state index contributed by atoms with van der Waals surface area (Å²) in [4.78, 5) is 11.5. The standard InChI is InChI=1S/C14H21NO3/c1-4-10(5-2)9-18-11-6-7-13(15)12(8-11)14(16)17-3/h6-8,10H,4-5,9,15H2,1-3H3. The van der Waals surface area contributed by atoms with Crippen molar-refractivity contribution >= 4 is 11.7 Å². The Kier molecular flexibility index (Phi) is 5.49. The van der Waals surface area contributed by atoms with Crippen LogP contribution in [0.3, 0.4) is 0 Å². The van der Waals surface area contributed by atoms with Crippen molar-refractivity contribution in [2.75, 3.05) is 19.5 Å². The van der Waals surface area contributed by atoms with Gasteiger partial charge in [-0.2, -0.15) is 0 Å². The molecule has 0 aromatic heterocycles. The van der Waals surface area contributed by atoms with Gasteiger partial charge in [0.05, 0.1) is 19.3 Å². The number of nitrogen functional groups attached to an aromatic ring is 1. The molecule has 0 unspecified atom stereocenters. The van der Waals surface area contributed by atoms with Gasteiger partial charge in [0.2, 0.25) is 0 Å². The number of methoxy groups -OCH3 is 1. The summed E-state index contributed by atoms with van der Waals surface area (Å²) in [7, 11) is 1.33. The van der Waals surface area contributed by atoms with Crippen molar-refractivity contribution in [1.82, 2.24) is 0 Å². The number of carbonyl (C=O) groups excluding carboxylic acids is 1. The van der Waals surface area contributed by atoms with Crippen molar-refractivity contribution in [3.8, 4) is 5.75 Å². The summed E-state index contributed by atoms with van der Waals surface area (Å²) in [5, 5.41) is 0. The van der Waals surface area contributed by atoms with Crippen LogP contribution < -0.4 is 10.5 Å². The van der Waals surface area contributed by atoms with Gasteiger partial charge in [-0.3, -0.25) is 0 Å². The van der Waals surface area contributed by atoms with E-state index in [2.05, 4.69) is 18.6 Å². The first-order valence-corrected chi connectivity index (χ1v) is 6.22. The summed E-state index contributed by atoms with van der Waals surface area (Å²) in [5.74, 6) is 0.737. The van der Waals surface area contributed by atoms with Crippen molar-refractivity contribution in [2.24, 2.45) is 5.92 Å². The smallest absolute Gasteiger partial charge is 0.340 e. The van der Waals surface area contributed by atoms with E-state index < -0.39 is 5.97 Å². The van der Waals surface area contributed by atoms with Crippen LogP contribution in [-0.2, 0) is 4.74 Å². The molecule has 0 aliphatic heterocycles. The predicted molar refractivity (Wildman–Crippen MR) is 71.8 cm³/mol. The molecule has 1 aromatic rings. The van der Waals surface area contributed by atoms with E-state index in [-0.39, 0.29) is 0 Å². The van der Waals surface area contributed by atoms with Gasteiger partial charge in [0, 0.05) is 5.69 Å². The molecule has 4 heteroatoms. The SMILES string of the molecule is CCC(CC)COc1ccc(N)c(C(=O)OC)c1. The minimum absolute atomic E-state index is 0.347. The Hall–Kier alpha value is -1.71. The van der Waals surface area contributed by atoms with Gasteiger partial charge in [-0.25, -0.2) is 4.79 Å². The molecule has 100 valence electrons. The lowest BCUT2D eigenvalue weighted by molar-refractivity contribution is 0.0601. The van der Waals surface area contributed by atoms with Gasteiger partial charge in [-0.15, -0.1) is 0 Å². The topological polar surface area (TPSA) is 61.5 Å². The number of ether oxygens (including phenoxy) is 2. The maximum absolute atomic E-state index is 11.5. The zero-order valence-electron chi connectivity index (χ0n) is 11.2. The molecule has 0 aliphatic rings. The van der Waals surface area contributed by atoms with E-state index >= 15 is 0 Å². The Morgan fingerprint density at radius 1 is 1.33 bits per heavy atom. The Morgan fingerprint density at radius 2 is 2.00 bits per heavy atom.